The van der Waals surface area contributed by atoms with Crippen LogP contribution in [0.25, 0.3) is 0 Å². The molecular weight excluding hydrogens is 374 g/mol. The zero-order valence-corrected chi connectivity index (χ0v) is 16.1. The molecule has 0 saturated heterocycles. The molecule has 28 heavy (non-hydrogen) atoms. The summed E-state index contributed by atoms with van der Waals surface area (Å²) in [7, 11) is 0. The van der Waals surface area contributed by atoms with Crippen molar-refractivity contribution in [3.63, 3.8) is 0 Å². The molecule has 1 aromatic carbocycles. The van der Waals surface area contributed by atoms with E-state index in [9.17, 15) is 9.59 Å². The van der Waals surface area contributed by atoms with Gasteiger partial charge in [0.2, 0.25) is 5.91 Å². The lowest BCUT2D eigenvalue weighted by molar-refractivity contribution is -0.117. The lowest BCUT2D eigenvalue weighted by Gasteiger charge is -2.26. The lowest BCUT2D eigenvalue weighted by Crippen LogP contribution is -2.37. The number of amides is 2. The molecule has 3 heterocycles. The van der Waals surface area contributed by atoms with E-state index in [0.29, 0.717) is 30.1 Å². The predicted molar refractivity (Wildman–Crippen MR) is 108 cm³/mol. The fourth-order valence-corrected chi connectivity index (χ4v) is 4.19. The normalized spacial score (nSPS) is 13.7. The van der Waals surface area contributed by atoms with Crippen LogP contribution in [0.3, 0.4) is 0 Å². The van der Waals surface area contributed by atoms with Crippen molar-refractivity contribution in [2.45, 2.75) is 19.5 Å². The van der Waals surface area contributed by atoms with E-state index in [1.54, 1.807) is 54.0 Å². The van der Waals surface area contributed by atoms with Gasteiger partial charge in [0.05, 0.1) is 30.6 Å². The number of carbonyl (C=O) groups is 2. The second-order valence-corrected chi connectivity index (χ2v) is 7.69. The van der Waals surface area contributed by atoms with Crippen molar-refractivity contribution < 1.29 is 14.0 Å². The Morgan fingerprint density at radius 3 is 2.89 bits per heavy atom. The Hall–Kier alpha value is -2.90. The molecule has 2 N–H and O–H groups in total. The topological polar surface area (TPSA) is 74.6 Å². The van der Waals surface area contributed by atoms with Gasteiger partial charge >= 0.3 is 0 Å². The van der Waals surface area contributed by atoms with Crippen LogP contribution in [0.2, 0.25) is 0 Å². The molecule has 0 bridgehead atoms. The van der Waals surface area contributed by atoms with Crippen LogP contribution in [0.15, 0.2) is 58.5 Å². The van der Waals surface area contributed by atoms with Gasteiger partial charge < -0.3 is 15.1 Å². The summed E-state index contributed by atoms with van der Waals surface area (Å²) in [6.45, 7) is 2.26. The molecule has 1 aliphatic rings. The summed E-state index contributed by atoms with van der Waals surface area (Å²) in [5, 5.41) is 7.80. The molecule has 144 valence electrons. The molecule has 0 fully saturated rings. The summed E-state index contributed by atoms with van der Waals surface area (Å²) in [6, 6.07) is 12.7. The van der Waals surface area contributed by atoms with E-state index >= 15 is 0 Å². The van der Waals surface area contributed by atoms with Crippen molar-refractivity contribution in [2.75, 3.05) is 18.4 Å². The number of para-hydroxylation sites is 1. The van der Waals surface area contributed by atoms with Crippen molar-refractivity contribution in [3.05, 3.63) is 75.9 Å². The first-order valence-corrected chi connectivity index (χ1v) is 10.0. The minimum Gasteiger partial charge on any atom is -0.467 e. The number of nitrogens with one attached hydrogen (secondary N) is 2. The summed E-state index contributed by atoms with van der Waals surface area (Å²) in [5.41, 5.74) is 2.25. The van der Waals surface area contributed by atoms with E-state index in [-0.39, 0.29) is 11.8 Å². The van der Waals surface area contributed by atoms with Crippen molar-refractivity contribution in [3.8, 4) is 0 Å². The van der Waals surface area contributed by atoms with Gasteiger partial charge in [0.1, 0.15) is 5.76 Å². The number of fused-ring (bicyclic) bond motifs is 1. The number of furan rings is 1. The summed E-state index contributed by atoms with van der Waals surface area (Å²) in [5.74, 6) is 0.297. The minimum atomic E-state index is -0.256. The number of anilines is 1. The Balaban J connectivity index is 1.36. The Kier molecular flexibility index (Phi) is 5.55. The van der Waals surface area contributed by atoms with Gasteiger partial charge in [-0.2, -0.15) is 0 Å². The fourth-order valence-electron chi connectivity index (χ4n) is 3.30. The van der Waals surface area contributed by atoms with Gasteiger partial charge in [-0.1, -0.05) is 12.1 Å². The average Bonchev–Trinajstić information content (AvgIpc) is 3.38. The predicted octanol–water partition coefficient (Wildman–Crippen LogP) is 3.27. The molecule has 2 aromatic heterocycles. The van der Waals surface area contributed by atoms with Gasteiger partial charge in [-0.3, -0.25) is 14.5 Å². The molecule has 6 nitrogen and oxygen atoms in total. The molecule has 7 heteroatoms. The smallest absolute Gasteiger partial charge is 0.253 e. The zero-order valence-electron chi connectivity index (χ0n) is 15.3. The van der Waals surface area contributed by atoms with E-state index in [1.807, 2.05) is 0 Å². The maximum atomic E-state index is 12.6. The van der Waals surface area contributed by atoms with E-state index < -0.39 is 0 Å². The van der Waals surface area contributed by atoms with Crippen LogP contribution >= 0.6 is 11.3 Å². The van der Waals surface area contributed by atoms with Gasteiger partial charge in [0, 0.05) is 18.0 Å². The minimum absolute atomic E-state index is 0.120. The van der Waals surface area contributed by atoms with Crippen LogP contribution in [-0.4, -0.2) is 29.8 Å². The van der Waals surface area contributed by atoms with E-state index in [4.69, 9.17) is 4.42 Å². The second kappa shape index (κ2) is 8.41. The van der Waals surface area contributed by atoms with Crippen molar-refractivity contribution in [1.29, 1.82) is 0 Å². The van der Waals surface area contributed by atoms with Crippen LogP contribution in [0, 0.1) is 0 Å². The molecule has 0 radical (unpaired) electrons. The molecule has 0 spiro atoms. The lowest BCUT2D eigenvalue weighted by atomic mass is 10.1. The van der Waals surface area contributed by atoms with Crippen molar-refractivity contribution in [1.82, 2.24) is 10.2 Å². The Morgan fingerprint density at radius 1 is 1.14 bits per heavy atom. The summed E-state index contributed by atoms with van der Waals surface area (Å²) >= 11 is 1.78. The van der Waals surface area contributed by atoms with Gasteiger partial charge in [-0.15, -0.1) is 11.3 Å². The SMILES string of the molecule is O=C(CN1CCc2sccc2C1)Nc1ccccc1C(=O)NCc1ccco1. The first-order chi connectivity index (χ1) is 13.7. The van der Waals surface area contributed by atoms with E-state index in [0.717, 1.165) is 19.5 Å². The summed E-state index contributed by atoms with van der Waals surface area (Å²) < 4.78 is 5.23. The van der Waals surface area contributed by atoms with Crippen molar-refractivity contribution >= 4 is 28.8 Å². The third-order valence-corrected chi connectivity index (χ3v) is 5.73. The molecule has 4 rings (SSSR count). The first kappa shape index (κ1) is 18.5. The summed E-state index contributed by atoms with van der Waals surface area (Å²) in [4.78, 5) is 28.6. The maximum absolute atomic E-state index is 12.6. The van der Waals surface area contributed by atoms with Crippen LogP contribution in [-0.2, 0) is 24.3 Å². The molecule has 1 aliphatic heterocycles. The quantitative estimate of drug-likeness (QED) is 0.672. The second-order valence-electron chi connectivity index (χ2n) is 6.69. The number of rotatable bonds is 6. The number of carbonyl (C=O) groups excluding carboxylic acids is 2. The monoisotopic (exact) mass is 395 g/mol. The number of benzene rings is 1. The van der Waals surface area contributed by atoms with Crippen LogP contribution in [0.5, 0.6) is 0 Å². The van der Waals surface area contributed by atoms with Gasteiger partial charge in [0.15, 0.2) is 0 Å². The number of nitrogens with zero attached hydrogens (tertiary/aromatic N) is 1. The van der Waals surface area contributed by atoms with E-state index in [1.165, 1.54) is 10.4 Å². The molecule has 2 amide bonds. The number of hydrogen-bond acceptors (Lipinski definition) is 5. The van der Waals surface area contributed by atoms with Crippen molar-refractivity contribution in [2.24, 2.45) is 0 Å². The first-order valence-electron chi connectivity index (χ1n) is 9.16. The summed E-state index contributed by atoms with van der Waals surface area (Å²) in [6.07, 6.45) is 2.54. The highest BCUT2D eigenvalue weighted by Crippen LogP contribution is 2.24. The molecule has 3 aromatic rings. The van der Waals surface area contributed by atoms with Gasteiger partial charge in [-0.25, -0.2) is 0 Å². The van der Waals surface area contributed by atoms with Crippen LogP contribution in [0.4, 0.5) is 5.69 Å². The van der Waals surface area contributed by atoms with E-state index in [2.05, 4.69) is 27.0 Å². The maximum Gasteiger partial charge on any atom is 0.253 e. The number of thiophene rings is 1. The molecule has 0 unspecified atom stereocenters. The highest BCUT2D eigenvalue weighted by atomic mass is 32.1. The number of hydrogen-bond donors (Lipinski definition) is 2. The Labute approximate surface area is 167 Å². The average molecular weight is 395 g/mol. The third kappa shape index (κ3) is 4.32. The molecule has 0 atom stereocenters. The standard InChI is InChI=1S/C21H21N3O3S/c25-20(14-24-9-7-19-15(13-24)8-11-28-19)23-18-6-2-1-5-17(18)21(26)22-12-16-4-3-10-27-16/h1-6,8,10-11H,7,9,12-14H2,(H,22,26)(H,23,25). The Morgan fingerprint density at radius 2 is 2.04 bits per heavy atom. The highest BCUT2D eigenvalue weighted by Gasteiger charge is 2.20. The molecule has 0 saturated carbocycles. The highest BCUT2D eigenvalue weighted by molar-refractivity contribution is 7.10. The molecule has 0 aliphatic carbocycles. The van der Waals surface area contributed by atoms with Gasteiger partial charge in [-0.05, 0) is 47.7 Å². The van der Waals surface area contributed by atoms with Crippen LogP contribution in [0.1, 0.15) is 26.6 Å². The van der Waals surface area contributed by atoms with Crippen LogP contribution < -0.4 is 10.6 Å². The fraction of sp³-hybridized carbons (Fsp3) is 0.238. The van der Waals surface area contributed by atoms with Gasteiger partial charge in [0.25, 0.3) is 5.91 Å². The zero-order chi connectivity index (χ0) is 19.3. The third-order valence-electron chi connectivity index (χ3n) is 4.70. The molecular formula is C21H21N3O3S. The Bertz CT molecular complexity index is 965. The largest absolute Gasteiger partial charge is 0.467 e.